The van der Waals surface area contributed by atoms with Gasteiger partial charge in [0.25, 0.3) is 0 Å². The number of ether oxygens (including phenoxy) is 1. The molecular formula is C5H6ClNO4. The Hall–Kier alpha value is -1.10. The van der Waals surface area contributed by atoms with Gasteiger partial charge in [-0.3, -0.25) is 10.1 Å². The molecule has 0 atom stereocenters. The topological polar surface area (TPSA) is 69.4 Å². The van der Waals surface area contributed by atoms with Crippen LogP contribution in [0.4, 0.5) is 0 Å². The second kappa shape index (κ2) is 4.68. The van der Waals surface area contributed by atoms with Crippen LogP contribution in [0, 0.1) is 10.1 Å². The van der Waals surface area contributed by atoms with Crippen molar-refractivity contribution in [1.29, 1.82) is 0 Å². The lowest BCUT2D eigenvalue weighted by atomic mass is 10.6. The van der Waals surface area contributed by atoms with Crippen molar-refractivity contribution in [3.63, 3.8) is 0 Å². The molecule has 62 valence electrons. The van der Waals surface area contributed by atoms with Gasteiger partial charge in [0.05, 0.1) is 11.5 Å². The lowest BCUT2D eigenvalue weighted by Crippen LogP contribution is -2.02. The third kappa shape index (κ3) is 4.32. The summed E-state index contributed by atoms with van der Waals surface area (Å²) in [5.41, 5.74) is 0. The highest BCUT2D eigenvalue weighted by atomic mass is 35.5. The molecule has 6 heteroatoms. The molecule has 5 nitrogen and oxygen atoms in total. The fourth-order valence-corrected chi connectivity index (χ4v) is 0.423. The Morgan fingerprint density at radius 3 is 2.73 bits per heavy atom. The monoisotopic (exact) mass is 179 g/mol. The Bertz CT molecular complexity index is 201. The van der Waals surface area contributed by atoms with Gasteiger partial charge in [-0.25, -0.2) is 4.79 Å². The highest BCUT2D eigenvalue weighted by molar-refractivity contribution is 6.29. The Morgan fingerprint density at radius 1 is 1.82 bits per heavy atom. The first-order chi connectivity index (χ1) is 5.07. The maximum Gasteiger partial charge on any atom is 0.344 e. The number of rotatable bonds is 3. The fourth-order valence-electron chi connectivity index (χ4n) is 0.334. The fraction of sp³-hybridized carbons (Fsp3) is 0.400. The number of esters is 1. The molecule has 11 heavy (non-hydrogen) atoms. The van der Waals surface area contributed by atoms with Crippen molar-refractivity contribution < 1.29 is 14.5 Å². The molecule has 0 unspecified atom stereocenters. The van der Waals surface area contributed by atoms with Gasteiger partial charge in [0.2, 0.25) is 0 Å². The van der Waals surface area contributed by atoms with Gasteiger partial charge in [-0.1, -0.05) is 0 Å². The molecule has 0 bridgehead atoms. The third-order valence-electron chi connectivity index (χ3n) is 0.698. The van der Waals surface area contributed by atoms with Crippen LogP contribution in [-0.2, 0) is 9.53 Å². The predicted octanol–water partition coefficient (Wildman–Crippen LogP) is 0.906. The van der Waals surface area contributed by atoms with Crippen molar-refractivity contribution in [2.45, 2.75) is 6.92 Å². The Balaban J connectivity index is 4.08. The molecule has 0 aromatic heterocycles. The van der Waals surface area contributed by atoms with E-state index in [-0.39, 0.29) is 6.61 Å². The molecule has 0 aromatic rings. The van der Waals surface area contributed by atoms with Gasteiger partial charge in [0, 0.05) is 0 Å². The minimum atomic E-state index is -0.877. The molecule has 0 aromatic carbocycles. The van der Waals surface area contributed by atoms with Crippen LogP contribution >= 0.6 is 11.6 Å². The van der Waals surface area contributed by atoms with E-state index in [4.69, 9.17) is 11.6 Å². The van der Waals surface area contributed by atoms with Gasteiger partial charge >= 0.3 is 11.1 Å². The number of carbonyl (C=O) groups excluding carboxylic acids is 1. The molecule has 0 aliphatic rings. The number of hydrogen-bond acceptors (Lipinski definition) is 4. The molecule has 0 amide bonds. The molecule has 0 saturated heterocycles. The van der Waals surface area contributed by atoms with Gasteiger partial charge < -0.3 is 4.74 Å². The minimum Gasteiger partial charge on any atom is -0.463 e. The molecule has 0 fully saturated rings. The summed E-state index contributed by atoms with van der Waals surface area (Å²) in [6.45, 7) is 1.75. The number of halogens is 1. The summed E-state index contributed by atoms with van der Waals surface area (Å²) in [6.07, 6.45) is 0.616. The lowest BCUT2D eigenvalue weighted by Gasteiger charge is -1.92. The maximum absolute atomic E-state index is 10.5. The highest BCUT2D eigenvalue weighted by Gasteiger charge is 2.08. The number of nitro groups is 1. The van der Waals surface area contributed by atoms with Crippen LogP contribution in [0.25, 0.3) is 0 Å². The van der Waals surface area contributed by atoms with Gasteiger partial charge in [-0.15, -0.1) is 0 Å². The maximum atomic E-state index is 10.5. The average Bonchev–Trinajstić information content (AvgIpc) is 1.87. The van der Waals surface area contributed by atoms with E-state index in [1.165, 1.54) is 0 Å². The standard InChI is InChI=1S/C5H6ClNO4/c1-2-11-5(8)3-4(6)7(9)10/h3H,2H2,1H3/b4-3+. The van der Waals surface area contributed by atoms with E-state index in [1.807, 2.05) is 0 Å². The number of hydrogen-bond donors (Lipinski definition) is 0. The summed E-state index contributed by atoms with van der Waals surface area (Å²) < 4.78 is 4.36. The zero-order valence-corrected chi connectivity index (χ0v) is 6.50. The highest BCUT2D eigenvalue weighted by Crippen LogP contribution is 2.01. The van der Waals surface area contributed by atoms with Gasteiger partial charge in [-0.05, 0) is 18.5 Å². The van der Waals surface area contributed by atoms with Crippen LogP contribution in [-0.4, -0.2) is 17.5 Å². The van der Waals surface area contributed by atoms with Crippen LogP contribution in [0.15, 0.2) is 11.2 Å². The Kier molecular flexibility index (Phi) is 4.21. The van der Waals surface area contributed by atoms with Crippen LogP contribution in [0.5, 0.6) is 0 Å². The van der Waals surface area contributed by atoms with Crippen molar-refractivity contribution in [2.24, 2.45) is 0 Å². The SMILES string of the molecule is CCOC(=O)/C=C(\Cl)[N+](=O)[O-]. The van der Waals surface area contributed by atoms with Crippen molar-refractivity contribution in [3.8, 4) is 0 Å². The predicted molar refractivity (Wildman–Crippen MR) is 37.6 cm³/mol. The smallest absolute Gasteiger partial charge is 0.344 e. The summed E-state index contributed by atoms with van der Waals surface area (Å²) in [7, 11) is 0. The minimum absolute atomic E-state index is 0.164. The normalized spacial score (nSPS) is 10.9. The summed E-state index contributed by atoms with van der Waals surface area (Å²) >= 11 is 5.01. The van der Waals surface area contributed by atoms with Gasteiger partial charge in [0.1, 0.15) is 6.08 Å². The van der Waals surface area contributed by atoms with Crippen LogP contribution in [0.1, 0.15) is 6.92 Å². The Labute approximate surface area is 67.7 Å². The number of nitrogens with zero attached hydrogens (tertiary/aromatic N) is 1. The van der Waals surface area contributed by atoms with E-state index >= 15 is 0 Å². The van der Waals surface area contributed by atoms with Gasteiger partial charge in [0.15, 0.2) is 0 Å². The van der Waals surface area contributed by atoms with E-state index in [0.29, 0.717) is 6.08 Å². The first kappa shape index (κ1) is 9.90. The van der Waals surface area contributed by atoms with E-state index < -0.39 is 16.0 Å². The molecule has 0 spiro atoms. The molecule has 0 aliphatic carbocycles. The largest absolute Gasteiger partial charge is 0.463 e. The molecule has 0 saturated carbocycles. The van der Waals surface area contributed by atoms with E-state index in [1.54, 1.807) is 6.92 Å². The summed E-state index contributed by atoms with van der Waals surface area (Å²) in [6, 6.07) is 0. The van der Waals surface area contributed by atoms with Crippen LogP contribution in [0.3, 0.4) is 0 Å². The zero-order valence-electron chi connectivity index (χ0n) is 5.74. The first-order valence-electron chi connectivity index (χ1n) is 2.76. The van der Waals surface area contributed by atoms with E-state index in [2.05, 4.69) is 4.74 Å². The summed E-state index contributed by atoms with van der Waals surface area (Å²) in [4.78, 5) is 19.4. The average molecular weight is 180 g/mol. The zero-order chi connectivity index (χ0) is 8.85. The molecule has 0 N–H and O–H groups in total. The summed E-state index contributed by atoms with van der Waals surface area (Å²) in [5, 5.41) is 9.09. The van der Waals surface area contributed by atoms with Crippen molar-refractivity contribution in [2.75, 3.05) is 6.61 Å². The lowest BCUT2D eigenvalue weighted by molar-refractivity contribution is -0.412. The van der Waals surface area contributed by atoms with E-state index in [9.17, 15) is 14.9 Å². The third-order valence-corrected chi connectivity index (χ3v) is 0.945. The van der Waals surface area contributed by atoms with Crippen molar-refractivity contribution in [3.05, 3.63) is 21.3 Å². The van der Waals surface area contributed by atoms with Crippen molar-refractivity contribution >= 4 is 17.6 Å². The second-order valence-electron chi connectivity index (χ2n) is 1.48. The second-order valence-corrected chi connectivity index (χ2v) is 1.86. The Morgan fingerprint density at radius 2 is 2.36 bits per heavy atom. The first-order valence-corrected chi connectivity index (χ1v) is 3.14. The quantitative estimate of drug-likeness (QED) is 0.212. The molecule has 0 heterocycles. The molecule has 0 radical (unpaired) electrons. The number of carbonyl (C=O) groups is 1. The van der Waals surface area contributed by atoms with Crippen molar-refractivity contribution in [1.82, 2.24) is 0 Å². The molecule has 0 aliphatic heterocycles. The summed E-state index contributed by atoms with van der Waals surface area (Å²) in [5.74, 6) is -0.811. The molecular weight excluding hydrogens is 174 g/mol. The van der Waals surface area contributed by atoms with E-state index in [0.717, 1.165) is 0 Å². The van der Waals surface area contributed by atoms with Gasteiger partial charge in [-0.2, -0.15) is 0 Å². The van der Waals surface area contributed by atoms with Crippen LogP contribution in [0.2, 0.25) is 0 Å². The molecule has 0 rings (SSSR count). The van der Waals surface area contributed by atoms with Crippen LogP contribution < -0.4 is 0 Å².